The molecule has 0 bridgehead atoms. The van der Waals surface area contributed by atoms with Gasteiger partial charge < -0.3 is 23.9 Å². The molecule has 1 atom stereocenters. The third kappa shape index (κ3) is 4.32. The Bertz CT molecular complexity index is 762. The average Bonchev–Trinajstić information content (AvgIpc) is 3.34. The molecule has 3 aliphatic rings. The van der Waals surface area contributed by atoms with Gasteiger partial charge in [0.25, 0.3) is 5.91 Å². The maximum atomic E-state index is 12.7. The van der Waals surface area contributed by atoms with Crippen molar-refractivity contribution in [1.29, 1.82) is 0 Å². The van der Waals surface area contributed by atoms with E-state index in [1.54, 1.807) is 19.3 Å². The third-order valence-corrected chi connectivity index (χ3v) is 6.36. The molecule has 3 amide bonds. The molecule has 1 aromatic rings. The molecule has 0 N–H and O–H groups in total. The van der Waals surface area contributed by atoms with Crippen molar-refractivity contribution in [1.82, 2.24) is 14.7 Å². The zero-order valence-corrected chi connectivity index (χ0v) is 17.0. The summed E-state index contributed by atoms with van der Waals surface area (Å²) in [5, 5.41) is 0. The van der Waals surface area contributed by atoms with Crippen LogP contribution in [-0.4, -0.2) is 84.9 Å². The molecule has 1 aromatic heterocycles. The van der Waals surface area contributed by atoms with Crippen molar-refractivity contribution in [3.63, 3.8) is 0 Å². The van der Waals surface area contributed by atoms with Crippen molar-refractivity contribution in [3.05, 3.63) is 23.7 Å². The van der Waals surface area contributed by atoms with Crippen LogP contribution in [0.4, 0.5) is 0 Å². The summed E-state index contributed by atoms with van der Waals surface area (Å²) < 4.78 is 10.5. The Morgan fingerprint density at radius 3 is 2.48 bits per heavy atom. The number of carbonyl (C=O) groups excluding carboxylic acids is 3. The lowest BCUT2D eigenvalue weighted by atomic mass is 9.95. The van der Waals surface area contributed by atoms with E-state index < -0.39 is 0 Å². The zero-order chi connectivity index (χ0) is 20.4. The number of furan rings is 1. The van der Waals surface area contributed by atoms with Crippen LogP contribution in [0.2, 0.25) is 0 Å². The van der Waals surface area contributed by atoms with E-state index in [-0.39, 0.29) is 23.6 Å². The second-order valence-corrected chi connectivity index (χ2v) is 8.26. The van der Waals surface area contributed by atoms with Crippen LogP contribution in [-0.2, 0) is 14.3 Å². The van der Waals surface area contributed by atoms with E-state index >= 15 is 0 Å². The summed E-state index contributed by atoms with van der Waals surface area (Å²) in [5.41, 5.74) is 0.627. The number of hydrogen-bond donors (Lipinski definition) is 0. The summed E-state index contributed by atoms with van der Waals surface area (Å²) in [4.78, 5) is 43.3. The van der Waals surface area contributed by atoms with Gasteiger partial charge >= 0.3 is 0 Å². The van der Waals surface area contributed by atoms with Gasteiger partial charge in [0.2, 0.25) is 11.8 Å². The van der Waals surface area contributed by atoms with E-state index in [1.165, 1.54) is 0 Å². The number of likely N-dealkylation sites (tertiary alicyclic amines) is 2. The first-order valence-corrected chi connectivity index (χ1v) is 10.5. The molecule has 0 aromatic carbocycles. The van der Waals surface area contributed by atoms with Crippen molar-refractivity contribution in [3.8, 4) is 0 Å². The molecule has 8 heteroatoms. The summed E-state index contributed by atoms with van der Waals surface area (Å²) in [6, 6.07) is 1.72. The Balaban J connectivity index is 1.26. The van der Waals surface area contributed by atoms with Crippen LogP contribution in [0.15, 0.2) is 16.7 Å². The first-order chi connectivity index (χ1) is 14.0. The number of carbonyl (C=O) groups is 3. The molecular formula is C21H29N3O5. The Labute approximate surface area is 170 Å². The van der Waals surface area contributed by atoms with Crippen LogP contribution in [0.1, 0.15) is 35.4 Å². The maximum absolute atomic E-state index is 12.7. The molecule has 3 saturated heterocycles. The summed E-state index contributed by atoms with van der Waals surface area (Å²) in [5.74, 6) is 0.958. The normalized spacial score (nSPS) is 23.7. The standard InChI is InChI=1S/C21H29N3O5/c1-15-18(4-9-29-15)21(27)22-5-2-16(3-6-22)13-24-14-17(12-19(24)25)20(26)23-7-10-28-11-8-23/h4,9,16-17H,2-3,5-8,10-14H2,1H3. The van der Waals surface area contributed by atoms with Crippen molar-refractivity contribution in [2.75, 3.05) is 52.5 Å². The first-order valence-electron chi connectivity index (χ1n) is 10.5. The Hall–Kier alpha value is -2.35. The number of piperidine rings is 1. The minimum absolute atomic E-state index is 0.0168. The third-order valence-electron chi connectivity index (χ3n) is 6.36. The molecule has 0 radical (unpaired) electrons. The summed E-state index contributed by atoms with van der Waals surface area (Å²) in [6.45, 7) is 6.75. The first kappa shape index (κ1) is 19.9. The van der Waals surface area contributed by atoms with E-state index in [4.69, 9.17) is 9.15 Å². The lowest BCUT2D eigenvalue weighted by molar-refractivity contribution is -0.139. The van der Waals surface area contributed by atoms with Gasteiger partial charge in [-0.15, -0.1) is 0 Å². The van der Waals surface area contributed by atoms with Crippen molar-refractivity contribution in [2.45, 2.75) is 26.2 Å². The highest BCUT2D eigenvalue weighted by atomic mass is 16.5. The van der Waals surface area contributed by atoms with Gasteiger partial charge in [0.15, 0.2) is 0 Å². The molecule has 3 aliphatic heterocycles. The molecule has 0 spiro atoms. The van der Waals surface area contributed by atoms with Crippen molar-refractivity contribution < 1.29 is 23.5 Å². The SMILES string of the molecule is Cc1occc1C(=O)N1CCC(CN2CC(C(=O)N3CCOCC3)CC2=O)CC1. The lowest BCUT2D eigenvalue weighted by Crippen LogP contribution is -2.45. The van der Waals surface area contributed by atoms with Crippen LogP contribution in [0.5, 0.6) is 0 Å². The lowest BCUT2D eigenvalue weighted by Gasteiger charge is -2.34. The molecular weight excluding hydrogens is 374 g/mol. The minimum atomic E-state index is -0.230. The van der Waals surface area contributed by atoms with E-state index in [9.17, 15) is 14.4 Å². The second-order valence-electron chi connectivity index (χ2n) is 8.26. The number of nitrogens with zero attached hydrogens (tertiary/aromatic N) is 3. The molecule has 1 unspecified atom stereocenters. The molecule has 4 heterocycles. The fourth-order valence-electron chi connectivity index (χ4n) is 4.56. The summed E-state index contributed by atoms with van der Waals surface area (Å²) >= 11 is 0. The fourth-order valence-corrected chi connectivity index (χ4v) is 4.56. The zero-order valence-electron chi connectivity index (χ0n) is 17.0. The molecule has 3 fully saturated rings. The average molecular weight is 403 g/mol. The van der Waals surface area contributed by atoms with Crippen LogP contribution in [0.25, 0.3) is 0 Å². The highest BCUT2D eigenvalue weighted by Crippen LogP contribution is 2.26. The topological polar surface area (TPSA) is 83.3 Å². The van der Waals surface area contributed by atoms with Crippen LogP contribution < -0.4 is 0 Å². The van der Waals surface area contributed by atoms with Crippen LogP contribution in [0.3, 0.4) is 0 Å². The number of hydrogen-bond acceptors (Lipinski definition) is 5. The molecule has 158 valence electrons. The quantitative estimate of drug-likeness (QED) is 0.753. The van der Waals surface area contributed by atoms with Gasteiger partial charge in [-0.2, -0.15) is 0 Å². The minimum Gasteiger partial charge on any atom is -0.469 e. The Morgan fingerprint density at radius 1 is 1.10 bits per heavy atom. The van der Waals surface area contributed by atoms with E-state index in [0.29, 0.717) is 76.1 Å². The number of aryl methyl sites for hydroxylation is 1. The van der Waals surface area contributed by atoms with Gasteiger partial charge in [0, 0.05) is 45.7 Å². The maximum Gasteiger partial charge on any atom is 0.257 e. The molecule has 4 rings (SSSR count). The van der Waals surface area contributed by atoms with Gasteiger partial charge in [-0.05, 0) is 31.7 Å². The largest absolute Gasteiger partial charge is 0.469 e. The highest BCUT2D eigenvalue weighted by Gasteiger charge is 2.38. The predicted octanol–water partition coefficient (Wildman–Crippen LogP) is 1.15. The molecule has 0 saturated carbocycles. The predicted molar refractivity (Wildman–Crippen MR) is 104 cm³/mol. The Kier molecular flexibility index (Phi) is 5.89. The smallest absolute Gasteiger partial charge is 0.257 e. The molecule has 0 aliphatic carbocycles. The van der Waals surface area contributed by atoms with Crippen LogP contribution in [0, 0.1) is 18.8 Å². The number of ether oxygens (including phenoxy) is 1. The molecule has 8 nitrogen and oxygen atoms in total. The number of morpholine rings is 1. The fraction of sp³-hybridized carbons (Fsp3) is 0.667. The van der Waals surface area contributed by atoms with E-state index in [1.807, 2.05) is 14.7 Å². The summed E-state index contributed by atoms with van der Waals surface area (Å²) in [7, 11) is 0. The Morgan fingerprint density at radius 2 is 1.83 bits per heavy atom. The van der Waals surface area contributed by atoms with Crippen LogP contribution >= 0.6 is 0 Å². The monoisotopic (exact) mass is 403 g/mol. The van der Waals surface area contributed by atoms with Gasteiger partial charge in [0.1, 0.15) is 5.76 Å². The van der Waals surface area contributed by atoms with Gasteiger partial charge in [-0.25, -0.2) is 0 Å². The van der Waals surface area contributed by atoms with E-state index in [2.05, 4.69) is 0 Å². The number of rotatable bonds is 4. The van der Waals surface area contributed by atoms with Crippen molar-refractivity contribution >= 4 is 17.7 Å². The van der Waals surface area contributed by atoms with Gasteiger partial charge in [-0.1, -0.05) is 0 Å². The van der Waals surface area contributed by atoms with E-state index in [0.717, 1.165) is 12.8 Å². The molecule has 29 heavy (non-hydrogen) atoms. The van der Waals surface area contributed by atoms with Crippen molar-refractivity contribution in [2.24, 2.45) is 11.8 Å². The van der Waals surface area contributed by atoms with Gasteiger partial charge in [-0.3, -0.25) is 14.4 Å². The number of amides is 3. The highest BCUT2D eigenvalue weighted by molar-refractivity contribution is 5.95. The summed E-state index contributed by atoms with van der Waals surface area (Å²) in [6.07, 6.45) is 3.60. The van der Waals surface area contributed by atoms with Gasteiger partial charge in [0.05, 0.1) is 31.0 Å². The second kappa shape index (κ2) is 8.57.